The van der Waals surface area contributed by atoms with Gasteiger partial charge in [-0.05, 0) is 24.5 Å². The molecule has 1 aliphatic rings. The number of halogens is 3. The zero-order valence-corrected chi connectivity index (χ0v) is 16.3. The number of hydrogen-bond acceptors (Lipinski definition) is 5. The van der Waals surface area contributed by atoms with Gasteiger partial charge in [0.05, 0.1) is 5.56 Å². The van der Waals surface area contributed by atoms with E-state index in [0.29, 0.717) is 17.3 Å². The first kappa shape index (κ1) is 20.5. The van der Waals surface area contributed by atoms with Gasteiger partial charge in [-0.3, -0.25) is 5.32 Å². The Bertz CT molecular complexity index is 832. The summed E-state index contributed by atoms with van der Waals surface area (Å²) in [5, 5.41) is 14.3. The maximum absolute atomic E-state index is 12.9. The molecular formula is C18H21F3N4O2S. The summed E-state index contributed by atoms with van der Waals surface area (Å²) >= 11 is 1.25. The Kier molecular flexibility index (Phi) is 5.90. The van der Waals surface area contributed by atoms with Gasteiger partial charge in [-0.15, -0.1) is 10.2 Å². The van der Waals surface area contributed by atoms with E-state index in [1.165, 1.54) is 17.4 Å². The summed E-state index contributed by atoms with van der Waals surface area (Å²) in [4.78, 5) is 12.2. The molecule has 2 aromatic rings. The summed E-state index contributed by atoms with van der Waals surface area (Å²) in [5.74, 6) is 0. The fraction of sp³-hybridized carbons (Fsp3) is 0.500. The number of nitrogens with zero attached hydrogens (tertiary/aromatic N) is 2. The molecule has 1 aromatic carbocycles. The number of alkyl halides is 3. The highest BCUT2D eigenvalue weighted by molar-refractivity contribution is 7.15. The van der Waals surface area contributed by atoms with Crippen LogP contribution in [0, 0.1) is 0 Å². The van der Waals surface area contributed by atoms with Crippen LogP contribution in [-0.2, 0) is 16.3 Å². The number of urea groups is 1. The van der Waals surface area contributed by atoms with Crippen molar-refractivity contribution in [1.82, 2.24) is 15.5 Å². The standard InChI is InChI=1S/C18H21F3N4O2S/c1-17(2,11-5-3-6-12(9-11)18(19,20)21)10-22-15(26)23-16-25-24-14(28-16)13-7-4-8-27-13/h3,5-6,9,13H,4,7-8,10H2,1-2H3,(H2,22,23,25,26). The smallest absolute Gasteiger partial charge is 0.371 e. The lowest BCUT2D eigenvalue weighted by atomic mass is 9.84. The molecule has 1 aromatic heterocycles. The second-order valence-corrected chi connectivity index (χ2v) is 8.23. The molecule has 2 heterocycles. The quantitative estimate of drug-likeness (QED) is 0.755. The van der Waals surface area contributed by atoms with E-state index in [4.69, 9.17) is 4.74 Å². The Balaban J connectivity index is 1.57. The predicted octanol–water partition coefficient (Wildman–Crippen LogP) is 4.51. The highest BCUT2D eigenvalue weighted by Gasteiger charge is 2.32. The van der Waals surface area contributed by atoms with Crippen molar-refractivity contribution in [3.63, 3.8) is 0 Å². The minimum Gasteiger partial charge on any atom is -0.371 e. The largest absolute Gasteiger partial charge is 0.416 e. The van der Waals surface area contributed by atoms with Crippen LogP contribution in [0.3, 0.4) is 0 Å². The Hall–Kier alpha value is -2.20. The Morgan fingerprint density at radius 3 is 2.71 bits per heavy atom. The summed E-state index contributed by atoms with van der Waals surface area (Å²) in [6.45, 7) is 4.38. The fourth-order valence-electron chi connectivity index (χ4n) is 2.85. The molecule has 0 spiro atoms. The monoisotopic (exact) mass is 414 g/mol. The minimum absolute atomic E-state index is 0.0732. The number of carbonyl (C=O) groups excluding carboxylic acids is 1. The average molecular weight is 414 g/mol. The topological polar surface area (TPSA) is 76.1 Å². The van der Waals surface area contributed by atoms with Crippen LogP contribution in [0.5, 0.6) is 0 Å². The van der Waals surface area contributed by atoms with Crippen LogP contribution >= 0.6 is 11.3 Å². The zero-order valence-electron chi connectivity index (χ0n) is 15.5. The van der Waals surface area contributed by atoms with Gasteiger partial charge in [0.25, 0.3) is 0 Å². The van der Waals surface area contributed by atoms with E-state index in [1.54, 1.807) is 19.9 Å². The van der Waals surface area contributed by atoms with Crippen molar-refractivity contribution in [2.75, 3.05) is 18.5 Å². The van der Waals surface area contributed by atoms with E-state index in [-0.39, 0.29) is 12.6 Å². The van der Waals surface area contributed by atoms with Crippen LogP contribution in [0.1, 0.15) is 48.9 Å². The highest BCUT2D eigenvalue weighted by atomic mass is 32.1. The molecule has 1 aliphatic heterocycles. The maximum Gasteiger partial charge on any atom is 0.416 e. The molecule has 1 atom stereocenters. The fourth-order valence-corrected chi connectivity index (χ4v) is 3.67. The summed E-state index contributed by atoms with van der Waals surface area (Å²) in [6.07, 6.45) is -2.63. The van der Waals surface area contributed by atoms with Gasteiger partial charge in [0, 0.05) is 18.6 Å². The van der Waals surface area contributed by atoms with Crippen molar-refractivity contribution in [3.8, 4) is 0 Å². The van der Waals surface area contributed by atoms with Gasteiger partial charge in [-0.25, -0.2) is 4.79 Å². The van der Waals surface area contributed by atoms with Crippen LogP contribution in [0.2, 0.25) is 0 Å². The molecule has 152 valence electrons. The van der Waals surface area contributed by atoms with E-state index in [0.717, 1.165) is 30.0 Å². The first-order valence-electron chi connectivity index (χ1n) is 8.83. The third-order valence-electron chi connectivity index (χ3n) is 4.53. The zero-order chi connectivity index (χ0) is 20.4. The molecule has 2 amide bonds. The van der Waals surface area contributed by atoms with Gasteiger partial charge in [0.1, 0.15) is 11.1 Å². The van der Waals surface area contributed by atoms with Gasteiger partial charge >= 0.3 is 12.2 Å². The SMILES string of the molecule is CC(C)(CNC(=O)Nc1nnc(C2CCCO2)s1)c1cccc(C(F)(F)F)c1. The molecule has 1 saturated heterocycles. The Morgan fingerprint density at radius 2 is 2.04 bits per heavy atom. The molecule has 0 saturated carbocycles. The molecule has 28 heavy (non-hydrogen) atoms. The molecule has 1 fully saturated rings. The molecule has 6 nitrogen and oxygen atoms in total. The Morgan fingerprint density at radius 1 is 1.29 bits per heavy atom. The van der Waals surface area contributed by atoms with E-state index >= 15 is 0 Å². The highest BCUT2D eigenvalue weighted by Crippen LogP contribution is 2.33. The van der Waals surface area contributed by atoms with Gasteiger partial charge < -0.3 is 10.1 Å². The van der Waals surface area contributed by atoms with E-state index in [2.05, 4.69) is 20.8 Å². The minimum atomic E-state index is -4.41. The third kappa shape index (κ3) is 4.99. The van der Waals surface area contributed by atoms with E-state index < -0.39 is 23.2 Å². The molecule has 2 N–H and O–H groups in total. The van der Waals surface area contributed by atoms with Gasteiger partial charge in [-0.1, -0.05) is 43.4 Å². The van der Waals surface area contributed by atoms with E-state index in [9.17, 15) is 18.0 Å². The van der Waals surface area contributed by atoms with Gasteiger partial charge in [-0.2, -0.15) is 13.2 Å². The van der Waals surface area contributed by atoms with E-state index in [1.807, 2.05) is 0 Å². The maximum atomic E-state index is 12.9. The second-order valence-electron chi connectivity index (χ2n) is 7.22. The van der Waals surface area contributed by atoms with Crippen LogP contribution in [-0.4, -0.2) is 29.4 Å². The lowest BCUT2D eigenvalue weighted by Gasteiger charge is -2.26. The Labute approximate surface area is 164 Å². The summed E-state index contributed by atoms with van der Waals surface area (Å²) in [6, 6.07) is 4.63. The second kappa shape index (κ2) is 8.04. The van der Waals surface area contributed by atoms with Crippen molar-refractivity contribution in [1.29, 1.82) is 0 Å². The molecular weight excluding hydrogens is 393 g/mol. The number of anilines is 1. The van der Waals surface area contributed by atoms with Crippen LogP contribution < -0.4 is 10.6 Å². The predicted molar refractivity (Wildman–Crippen MR) is 99.3 cm³/mol. The van der Waals surface area contributed by atoms with Crippen molar-refractivity contribution in [3.05, 3.63) is 40.4 Å². The summed E-state index contributed by atoms with van der Waals surface area (Å²) < 4.78 is 44.3. The number of carbonyl (C=O) groups is 1. The molecule has 0 aliphatic carbocycles. The van der Waals surface area contributed by atoms with Crippen LogP contribution in [0.25, 0.3) is 0 Å². The number of benzene rings is 1. The number of amides is 2. The number of nitrogens with one attached hydrogen (secondary N) is 2. The molecule has 1 unspecified atom stereocenters. The van der Waals surface area contributed by atoms with Gasteiger partial charge in [0.2, 0.25) is 5.13 Å². The molecule has 0 radical (unpaired) electrons. The third-order valence-corrected chi connectivity index (χ3v) is 5.46. The van der Waals surface area contributed by atoms with Crippen molar-refractivity contribution in [2.45, 2.75) is 44.4 Å². The van der Waals surface area contributed by atoms with Gasteiger partial charge in [0.15, 0.2) is 0 Å². The number of aromatic nitrogens is 2. The van der Waals surface area contributed by atoms with Crippen molar-refractivity contribution in [2.24, 2.45) is 0 Å². The summed E-state index contributed by atoms with van der Waals surface area (Å²) in [5.41, 5.74) is -0.917. The van der Waals surface area contributed by atoms with Crippen LogP contribution in [0.15, 0.2) is 24.3 Å². The average Bonchev–Trinajstić information content (AvgIpc) is 3.31. The number of ether oxygens (including phenoxy) is 1. The molecule has 0 bridgehead atoms. The number of hydrogen-bond donors (Lipinski definition) is 2. The van der Waals surface area contributed by atoms with Crippen LogP contribution in [0.4, 0.5) is 23.1 Å². The first-order chi connectivity index (χ1) is 13.1. The normalized spacial score (nSPS) is 17.5. The molecule has 3 rings (SSSR count). The molecule has 10 heteroatoms. The lowest BCUT2D eigenvalue weighted by Crippen LogP contribution is -2.39. The lowest BCUT2D eigenvalue weighted by molar-refractivity contribution is -0.137. The summed E-state index contributed by atoms with van der Waals surface area (Å²) in [7, 11) is 0. The first-order valence-corrected chi connectivity index (χ1v) is 9.64. The number of rotatable bonds is 5. The van der Waals surface area contributed by atoms with Crippen molar-refractivity contribution < 1.29 is 22.7 Å². The van der Waals surface area contributed by atoms with Crippen molar-refractivity contribution >= 4 is 22.5 Å².